The summed E-state index contributed by atoms with van der Waals surface area (Å²) in [7, 11) is 3.36. The smallest absolute Gasteiger partial charge is 0.191 e. The minimum Gasteiger partial charge on any atom is -0.379 e. The lowest BCUT2D eigenvalue weighted by Crippen LogP contribution is -2.46. The van der Waals surface area contributed by atoms with Crippen molar-refractivity contribution in [2.45, 2.75) is 45.3 Å². The summed E-state index contributed by atoms with van der Waals surface area (Å²) in [5, 5.41) is 6.45. The Morgan fingerprint density at radius 3 is 2.40 bits per heavy atom. The van der Waals surface area contributed by atoms with Gasteiger partial charge >= 0.3 is 0 Å². The van der Waals surface area contributed by atoms with E-state index in [0.717, 1.165) is 0 Å². The largest absolute Gasteiger partial charge is 0.379 e. The van der Waals surface area contributed by atoms with Gasteiger partial charge in [-0.1, -0.05) is 26.8 Å². The Bertz CT molecular complexity index is 584. The zero-order valence-corrected chi connectivity index (χ0v) is 17.7. The number of nitrogens with zero attached hydrogens (tertiary/aromatic N) is 1. The molecule has 0 spiro atoms. The first-order valence-corrected chi connectivity index (χ1v) is 8.21. The average molecular weight is 467 g/mol. The van der Waals surface area contributed by atoms with Gasteiger partial charge in [-0.3, -0.25) is 4.99 Å². The lowest BCUT2D eigenvalue weighted by Gasteiger charge is -2.30. The first-order valence-electron chi connectivity index (χ1n) is 8.21. The highest BCUT2D eigenvalue weighted by molar-refractivity contribution is 14.0. The molecular formula is C18H28F2IN3O. The molecule has 1 aliphatic rings. The van der Waals surface area contributed by atoms with Crippen molar-refractivity contribution in [1.82, 2.24) is 10.6 Å². The second kappa shape index (κ2) is 9.12. The van der Waals surface area contributed by atoms with Crippen molar-refractivity contribution in [3.8, 4) is 0 Å². The van der Waals surface area contributed by atoms with Crippen molar-refractivity contribution < 1.29 is 13.5 Å². The van der Waals surface area contributed by atoms with Gasteiger partial charge in [0.2, 0.25) is 0 Å². The molecule has 0 amide bonds. The maximum atomic E-state index is 13.8. The molecule has 0 heterocycles. The Balaban J connectivity index is 0.00000312. The van der Waals surface area contributed by atoms with Crippen molar-refractivity contribution in [3.63, 3.8) is 0 Å². The summed E-state index contributed by atoms with van der Waals surface area (Å²) in [5.41, 5.74) is 0.161. The van der Waals surface area contributed by atoms with Gasteiger partial charge in [-0.2, -0.15) is 0 Å². The van der Waals surface area contributed by atoms with Crippen LogP contribution in [0.25, 0.3) is 0 Å². The fourth-order valence-electron chi connectivity index (χ4n) is 2.84. The number of methoxy groups -OCH3 is 1. The van der Waals surface area contributed by atoms with Crippen molar-refractivity contribution >= 4 is 29.9 Å². The van der Waals surface area contributed by atoms with Gasteiger partial charge in [-0.05, 0) is 24.0 Å². The van der Waals surface area contributed by atoms with Crippen LogP contribution >= 0.6 is 24.0 Å². The molecule has 2 N–H and O–H groups in total. The molecule has 3 atom stereocenters. The molecule has 4 nitrogen and oxygen atoms in total. The Labute approximate surface area is 165 Å². The second-order valence-electron chi connectivity index (χ2n) is 7.27. The van der Waals surface area contributed by atoms with E-state index in [1.165, 1.54) is 18.2 Å². The van der Waals surface area contributed by atoms with E-state index in [1.807, 2.05) is 0 Å². The third-order valence-corrected chi connectivity index (χ3v) is 4.41. The maximum Gasteiger partial charge on any atom is 0.191 e. The first-order chi connectivity index (χ1) is 11.3. The Hall–Kier alpha value is -0.960. The predicted molar refractivity (Wildman–Crippen MR) is 108 cm³/mol. The van der Waals surface area contributed by atoms with E-state index < -0.39 is 11.6 Å². The van der Waals surface area contributed by atoms with E-state index in [0.29, 0.717) is 18.9 Å². The quantitative estimate of drug-likeness (QED) is 0.395. The minimum atomic E-state index is -0.487. The summed E-state index contributed by atoms with van der Waals surface area (Å²) in [4.78, 5) is 4.18. The van der Waals surface area contributed by atoms with Crippen LogP contribution in [0, 0.1) is 17.0 Å². The van der Waals surface area contributed by atoms with E-state index in [2.05, 4.69) is 36.4 Å². The van der Waals surface area contributed by atoms with Crippen molar-refractivity contribution in [2.24, 2.45) is 10.4 Å². The van der Waals surface area contributed by atoms with Crippen molar-refractivity contribution in [2.75, 3.05) is 20.7 Å². The van der Waals surface area contributed by atoms with Gasteiger partial charge in [0.1, 0.15) is 11.6 Å². The zero-order valence-electron chi connectivity index (χ0n) is 15.4. The standard InChI is InChI=1S/C18H27F2N3O.HI/c1-18(2,3)15(24-5)10-22-17(21-4)23-14-9-11(14)16-12(19)7-6-8-13(16)20;/h6-8,11,14-15H,9-10H2,1-5H3,(H2,21,22,23);1H. The van der Waals surface area contributed by atoms with E-state index in [4.69, 9.17) is 4.74 Å². The summed E-state index contributed by atoms with van der Waals surface area (Å²) in [6, 6.07) is 3.97. The van der Waals surface area contributed by atoms with Gasteiger partial charge in [0.05, 0.1) is 6.10 Å². The number of halogens is 3. The van der Waals surface area contributed by atoms with Crippen LogP contribution in [0.15, 0.2) is 23.2 Å². The number of benzene rings is 1. The highest BCUT2D eigenvalue weighted by Gasteiger charge is 2.42. The van der Waals surface area contributed by atoms with Gasteiger partial charge in [-0.15, -0.1) is 24.0 Å². The Kier molecular flexibility index (Phi) is 8.05. The first kappa shape index (κ1) is 22.1. The molecule has 0 aliphatic heterocycles. The minimum absolute atomic E-state index is 0. The Morgan fingerprint density at radius 2 is 1.92 bits per heavy atom. The van der Waals surface area contributed by atoms with Gasteiger partial charge in [-0.25, -0.2) is 8.78 Å². The van der Waals surface area contributed by atoms with Gasteiger partial charge in [0, 0.05) is 38.2 Å². The number of hydrogen-bond donors (Lipinski definition) is 2. The molecule has 0 saturated heterocycles. The topological polar surface area (TPSA) is 45.7 Å². The number of aliphatic imine (C=N–C) groups is 1. The van der Waals surface area contributed by atoms with E-state index in [1.54, 1.807) is 14.2 Å². The van der Waals surface area contributed by atoms with E-state index >= 15 is 0 Å². The molecule has 7 heteroatoms. The molecule has 0 radical (unpaired) electrons. The van der Waals surface area contributed by atoms with Crippen LogP contribution in [0.3, 0.4) is 0 Å². The third kappa shape index (κ3) is 5.77. The summed E-state index contributed by atoms with van der Waals surface area (Å²) >= 11 is 0. The van der Waals surface area contributed by atoms with E-state index in [9.17, 15) is 8.78 Å². The molecule has 1 aromatic carbocycles. The van der Waals surface area contributed by atoms with Crippen LogP contribution in [0.1, 0.15) is 38.7 Å². The molecular weight excluding hydrogens is 439 g/mol. The molecule has 1 aromatic rings. The van der Waals surface area contributed by atoms with Crippen LogP contribution in [0.2, 0.25) is 0 Å². The number of guanidine groups is 1. The molecule has 1 fully saturated rings. The summed E-state index contributed by atoms with van der Waals surface area (Å²) in [5.74, 6) is -0.519. The number of hydrogen-bond acceptors (Lipinski definition) is 2. The van der Waals surface area contributed by atoms with Crippen LogP contribution in [0.4, 0.5) is 8.78 Å². The van der Waals surface area contributed by atoms with E-state index in [-0.39, 0.29) is 53.0 Å². The number of nitrogens with one attached hydrogen (secondary N) is 2. The molecule has 1 saturated carbocycles. The molecule has 1 aliphatic carbocycles. The molecule has 0 aromatic heterocycles. The monoisotopic (exact) mass is 467 g/mol. The lowest BCUT2D eigenvalue weighted by atomic mass is 9.89. The van der Waals surface area contributed by atoms with Crippen LogP contribution in [-0.4, -0.2) is 38.8 Å². The number of rotatable bonds is 5. The Morgan fingerprint density at radius 1 is 1.32 bits per heavy atom. The predicted octanol–water partition coefficient (Wildman–Crippen LogP) is 3.66. The highest BCUT2D eigenvalue weighted by atomic mass is 127. The molecule has 0 bridgehead atoms. The molecule has 142 valence electrons. The normalized spacial score (nSPS) is 21.3. The summed E-state index contributed by atoms with van der Waals surface area (Å²) in [6.07, 6.45) is 0.709. The fourth-order valence-corrected chi connectivity index (χ4v) is 2.84. The SMILES string of the molecule is CN=C(NCC(OC)C(C)(C)C)NC1CC1c1c(F)cccc1F.I. The molecule has 2 rings (SSSR count). The van der Waals surface area contributed by atoms with Crippen LogP contribution < -0.4 is 10.6 Å². The van der Waals surface area contributed by atoms with Crippen molar-refractivity contribution in [1.29, 1.82) is 0 Å². The fraction of sp³-hybridized carbons (Fsp3) is 0.611. The van der Waals surface area contributed by atoms with Crippen LogP contribution in [0.5, 0.6) is 0 Å². The summed E-state index contributed by atoms with van der Waals surface area (Å²) in [6.45, 7) is 6.93. The van der Waals surface area contributed by atoms with Gasteiger partial charge in [0.15, 0.2) is 5.96 Å². The van der Waals surface area contributed by atoms with Gasteiger partial charge in [0.25, 0.3) is 0 Å². The lowest BCUT2D eigenvalue weighted by molar-refractivity contribution is 0.0205. The molecule has 3 unspecified atom stereocenters. The average Bonchev–Trinajstić information content (AvgIpc) is 3.24. The van der Waals surface area contributed by atoms with Gasteiger partial charge < -0.3 is 15.4 Å². The zero-order chi connectivity index (χ0) is 17.9. The highest BCUT2D eigenvalue weighted by Crippen LogP contribution is 2.43. The summed E-state index contributed by atoms with van der Waals surface area (Å²) < 4.78 is 33.2. The maximum absolute atomic E-state index is 13.8. The number of ether oxygens (including phenoxy) is 1. The second-order valence-corrected chi connectivity index (χ2v) is 7.27. The third-order valence-electron chi connectivity index (χ3n) is 4.41. The molecule has 25 heavy (non-hydrogen) atoms. The van der Waals surface area contributed by atoms with Crippen LogP contribution in [-0.2, 0) is 4.74 Å². The van der Waals surface area contributed by atoms with Crippen molar-refractivity contribution in [3.05, 3.63) is 35.4 Å².